The number of carbonyl (C=O) groups excluding carboxylic acids is 1. The van der Waals surface area contributed by atoms with Crippen LogP contribution in [0.25, 0.3) is 0 Å². The van der Waals surface area contributed by atoms with Crippen molar-refractivity contribution < 1.29 is 9.53 Å². The summed E-state index contributed by atoms with van der Waals surface area (Å²) in [5.41, 5.74) is 0.504. The van der Waals surface area contributed by atoms with Gasteiger partial charge in [-0.05, 0) is 30.3 Å². The zero-order valence-electron chi connectivity index (χ0n) is 18.7. The van der Waals surface area contributed by atoms with Gasteiger partial charge in [0.25, 0.3) is 0 Å². The van der Waals surface area contributed by atoms with Gasteiger partial charge in [-0.1, -0.05) is 86.5 Å². The lowest BCUT2D eigenvalue weighted by Gasteiger charge is -2.39. The number of amides is 1. The van der Waals surface area contributed by atoms with Crippen LogP contribution < -0.4 is 5.19 Å². The lowest BCUT2D eigenvalue weighted by molar-refractivity contribution is 0.0920. The Labute approximate surface area is 178 Å². The van der Waals surface area contributed by atoms with E-state index in [4.69, 9.17) is 4.74 Å². The molecule has 4 atom stereocenters. The van der Waals surface area contributed by atoms with Crippen LogP contribution in [0.3, 0.4) is 0 Å². The summed E-state index contributed by atoms with van der Waals surface area (Å²) in [6, 6.07) is 12.3. The van der Waals surface area contributed by atoms with Crippen molar-refractivity contribution in [2.24, 2.45) is 5.92 Å². The Morgan fingerprint density at radius 1 is 1.21 bits per heavy atom. The molecule has 1 amide bonds. The lowest BCUT2D eigenvalue weighted by atomic mass is 9.89. The minimum Gasteiger partial charge on any atom is -0.450 e. The van der Waals surface area contributed by atoms with E-state index in [1.807, 2.05) is 6.08 Å². The molecule has 0 aromatic heterocycles. The first kappa shape index (κ1) is 22.1. The molecule has 1 saturated heterocycles. The lowest BCUT2D eigenvalue weighted by Crippen LogP contribution is -2.52. The van der Waals surface area contributed by atoms with Crippen molar-refractivity contribution in [1.82, 2.24) is 4.90 Å². The highest BCUT2D eigenvalue weighted by atomic mass is 28.3. The summed E-state index contributed by atoms with van der Waals surface area (Å²) in [6.45, 7) is 16.4. The van der Waals surface area contributed by atoms with Crippen LogP contribution in [-0.4, -0.2) is 45.8 Å². The minimum atomic E-state index is -1.79. The summed E-state index contributed by atoms with van der Waals surface area (Å²) in [7, 11) is -3.02. The number of hydrogen-bond acceptors (Lipinski definition) is 2. The van der Waals surface area contributed by atoms with Crippen LogP contribution in [0, 0.1) is 5.92 Å². The van der Waals surface area contributed by atoms with Crippen LogP contribution in [0.5, 0.6) is 0 Å². The monoisotopic (exact) mass is 427 g/mol. The van der Waals surface area contributed by atoms with Crippen molar-refractivity contribution in [2.45, 2.75) is 69.2 Å². The SMILES string of the molecule is C=CC[C@@H]1[C@H]2CC=C[C@H]([C@@H]2[Si](C)(C)c2ccccc2)N1C(=O)OCC[Si](C)(C)C. The van der Waals surface area contributed by atoms with Gasteiger partial charge in [0.15, 0.2) is 0 Å². The van der Waals surface area contributed by atoms with Gasteiger partial charge in [0.05, 0.1) is 20.7 Å². The minimum absolute atomic E-state index is 0.128. The molecule has 2 bridgehead atoms. The maximum atomic E-state index is 13.2. The second kappa shape index (κ2) is 8.64. The first-order valence-electron chi connectivity index (χ1n) is 10.9. The van der Waals surface area contributed by atoms with E-state index in [0.29, 0.717) is 18.1 Å². The van der Waals surface area contributed by atoms with E-state index in [1.165, 1.54) is 5.19 Å². The molecule has 158 valence electrons. The molecule has 0 N–H and O–H groups in total. The Balaban J connectivity index is 1.88. The van der Waals surface area contributed by atoms with Crippen molar-refractivity contribution in [3.8, 4) is 0 Å². The molecule has 1 heterocycles. The molecule has 1 aromatic carbocycles. The molecule has 3 nitrogen and oxygen atoms in total. The molecule has 0 spiro atoms. The molecule has 1 fully saturated rings. The second-order valence-corrected chi connectivity index (χ2v) is 20.7. The quantitative estimate of drug-likeness (QED) is 0.415. The number of nitrogens with zero attached hydrogens (tertiary/aromatic N) is 1. The highest BCUT2D eigenvalue weighted by Crippen LogP contribution is 2.51. The van der Waals surface area contributed by atoms with E-state index >= 15 is 0 Å². The fourth-order valence-electron chi connectivity index (χ4n) is 5.24. The van der Waals surface area contributed by atoms with Crippen LogP contribution in [0.15, 0.2) is 55.1 Å². The van der Waals surface area contributed by atoms with Gasteiger partial charge in [-0.15, -0.1) is 6.58 Å². The molecule has 3 rings (SSSR count). The number of hydrogen-bond donors (Lipinski definition) is 0. The third kappa shape index (κ3) is 4.61. The van der Waals surface area contributed by atoms with E-state index in [9.17, 15) is 4.79 Å². The number of rotatable bonds is 7. The van der Waals surface area contributed by atoms with Crippen LogP contribution in [0.1, 0.15) is 12.8 Å². The van der Waals surface area contributed by atoms with E-state index < -0.39 is 16.1 Å². The highest BCUT2D eigenvalue weighted by molar-refractivity contribution is 6.91. The largest absolute Gasteiger partial charge is 0.450 e. The average molecular weight is 428 g/mol. The molecular weight excluding hydrogens is 390 g/mol. The molecule has 29 heavy (non-hydrogen) atoms. The van der Waals surface area contributed by atoms with Gasteiger partial charge in [-0.2, -0.15) is 0 Å². The summed E-state index contributed by atoms with van der Waals surface area (Å²) in [6.07, 6.45) is 8.29. The Bertz CT molecular complexity index is 754. The van der Waals surface area contributed by atoms with Gasteiger partial charge < -0.3 is 4.74 Å². The molecule has 1 aliphatic heterocycles. The predicted molar refractivity (Wildman–Crippen MR) is 128 cm³/mol. The average Bonchev–Trinajstić information content (AvgIpc) is 2.86. The summed E-state index contributed by atoms with van der Waals surface area (Å²) in [5, 5.41) is 1.47. The third-order valence-corrected chi connectivity index (χ3v) is 12.8. The standard InChI is InChI=1S/C24H37NO2Si2/c1-7-12-21-20-15-11-16-22(25(21)24(26)27-17-18-28(2,3)4)23(20)29(5,6)19-13-9-8-10-14-19/h7-11,13-14,16,20-23H,1,12,15,17-18H2,2-6H3/t20-,21-,22-,23-/m1/s1. The van der Waals surface area contributed by atoms with E-state index in [0.717, 1.165) is 18.9 Å². The van der Waals surface area contributed by atoms with E-state index in [2.05, 4.69) is 86.7 Å². The molecule has 0 unspecified atom stereocenters. The van der Waals surface area contributed by atoms with Crippen LogP contribution in [-0.2, 0) is 4.74 Å². The van der Waals surface area contributed by atoms with Gasteiger partial charge in [0, 0.05) is 14.1 Å². The summed E-state index contributed by atoms with van der Waals surface area (Å²) >= 11 is 0. The van der Waals surface area contributed by atoms with Crippen LogP contribution >= 0.6 is 0 Å². The molecule has 0 radical (unpaired) electrons. The molecule has 5 heteroatoms. The fourth-order valence-corrected chi connectivity index (χ4v) is 9.95. The Kier molecular flexibility index (Phi) is 6.59. The number of ether oxygens (including phenoxy) is 1. The molecule has 2 aliphatic rings. The number of benzene rings is 1. The van der Waals surface area contributed by atoms with Gasteiger partial charge in [0.2, 0.25) is 0 Å². The van der Waals surface area contributed by atoms with Crippen molar-refractivity contribution in [1.29, 1.82) is 0 Å². The zero-order valence-corrected chi connectivity index (χ0v) is 20.7. The summed E-state index contributed by atoms with van der Waals surface area (Å²) in [5.74, 6) is 0.481. The van der Waals surface area contributed by atoms with Crippen LogP contribution in [0.2, 0.25) is 44.3 Å². The van der Waals surface area contributed by atoms with Gasteiger partial charge >= 0.3 is 6.09 Å². The molecular formula is C24H37NO2Si2. The van der Waals surface area contributed by atoms with Crippen molar-refractivity contribution in [3.05, 3.63) is 55.1 Å². The maximum Gasteiger partial charge on any atom is 0.410 e. The predicted octanol–water partition coefficient (Wildman–Crippen LogP) is 5.65. The number of fused-ring (bicyclic) bond motifs is 2. The van der Waals surface area contributed by atoms with Crippen molar-refractivity contribution in [2.75, 3.05) is 6.61 Å². The topological polar surface area (TPSA) is 29.5 Å². The smallest absolute Gasteiger partial charge is 0.410 e. The molecule has 0 saturated carbocycles. The molecule has 1 aliphatic carbocycles. The van der Waals surface area contributed by atoms with Gasteiger partial charge in [-0.25, -0.2) is 4.79 Å². The Morgan fingerprint density at radius 2 is 1.90 bits per heavy atom. The maximum absolute atomic E-state index is 13.2. The first-order chi connectivity index (χ1) is 13.7. The van der Waals surface area contributed by atoms with Gasteiger partial charge in [-0.3, -0.25) is 4.90 Å². The Morgan fingerprint density at radius 3 is 2.52 bits per heavy atom. The third-order valence-electron chi connectivity index (χ3n) is 6.79. The summed E-state index contributed by atoms with van der Waals surface area (Å²) < 4.78 is 5.82. The number of allylic oxidation sites excluding steroid dienone is 1. The van der Waals surface area contributed by atoms with Crippen molar-refractivity contribution in [3.63, 3.8) is 0 Å². The zero-order chi connectivity index (χ0) is 21.2. The number of likely N-dealkylation sites (tertiary alicyclic amines) is 1. The summed E-state index contributed by atoms with van der Waals surface area (Å²) in [4.78, 5) is 15.3. The number of carbonyl (C=O) groups is 1. The molecule has 1 aromatic rings. The first-order valence-corrected chi connectivity index (χ1v) is 17.7. The Hall–Kier alpha value is -1.60. The fraction of sp³-hybridized carbons (Fsp3) is 0.542. The van der Waals surface area contributed by atoms with Gasteiger partial charge in [0.1, 0.15) is 0 Å². The van der Waals surface area contributed by atoms with Crippen molar-refractivity contribution >= 4 is 27.4 Å². The normalized spacial score (nSPS) is 26.4. The van der Waals surface area contributed by atoms with E-state index in [1.54, 1.807) is 0 Å². The van der Waals surface area contributed by atoms with Crippen LogP contribution in [0.4, 0.5) is 4.79 Å². The highest BCUT2D eigenvalue weighted by Gasteiger charge is 2.56. The second-order valence-electron chi connectivity index (χ2n) is 10.4. The van der Waals surface area contributed by atoms with E-state index in [-0.39, 0.29) is 18.2 Å².